The topological polar surface area (TPSA) is 26.0 Å². The van der Waals surface area contributed by atoms with Crippen LogP contribution in [0.3, 0.4) is 0 Å². The highest BCUT2D eigenvalue weighted by molar-refractivity contribution is 7.71. The molecule has 0 fully saturated rings. The normalized spacial score (nSPS) is 17.6. The van der Waals surface area contributed by atoms with Gasteiger partial charge in [0.15, 0.2) is 10.6 Å². The monoisotopic (exact) mass is 370 g/mol. The Morgan fingerprint density at radius 3 is 2.80 bits per heavy atom. The standard InChI is InChI=1S/C19H22N4S2/c1-3-22-18(15-7-5-4-6-8-15)20-23(19(22)24)13-21-11-9-17-16(14(21)2)10-12-25-17/h4-8,10,12,14H,3,9,11,13H2,1-2H3/t14-/m0/s1. The van der Waals surface area contributed by atoms with E-state index in [2.05, 4.69) is 46.9 Å². The zero-order chi connectivity index (χ0) is 17.4. The smallest absolute Gasteiger partial charge is 0.199 e. The summed E-state index contributed by atoms with van der Waals surface area (Å²) >= 11 is 7.59. The van der Waals surface area contributed by atoms with Gasteiger partial charge in [0.1, 0.15) is 0 Å². The minimum Gasteiger partial charge on any atom is -0.300 e. The lowest BCUT2D eigenvalue weighted by Gasteiger charge is -2.33. The van der Waals surface area contributed by atoms with Crippen molar-refractivity contribution in [2.24, 2.45) is 0 Å². The van der Waals surface area contributed by atoms with Crippen LogP contribution in [0.4, 0.5) is 0 Å². The van der Waals surface area contributed by atoms with Crippen LogP contribution in [0.5, 0.6) is 0 Å². The van der Waals surface area contributed by atoms with Crippen LogP contribution < -0.4 is 0 Å². The van der Waals surface area contributed by atoms with Gasteiger partial charge in [0, 0.05) is 29.6 Å². The van der Waals surface area contributed by atoms with Gasteiger partial charge in [-0.05, 0) is 49.5 Å². The summed E-state index contributed by atoms with van der Waals surface area (Å²) in [6, 6.07) is 13.0. The molecule has 3 aromatic rings. The van der Waals surface area contributed by atoms with E-state index in [0.29, 0.717) is 6.04 Å². The predicted molar refractivity (Wildman–Crippen MR) is 105 cm³/mol. The quantitative estimate of drug-likeness (QED) is 0.621. The first kappa shape index (κ1) is 16.7. The van der Waals surface area contributed by atoms with Gasteiger partial charge in [-0.15, -0.1) is 11.3 Å². The molecule has 0 unspecified atom stereocenters. The van der Waals surface area contributed by atoms with Crippen LogP contribution in [0.25, 0.3) is 11.4 Å². The van der Waals surface area contributed by atoms with Gasteiger partial charge in [-0.3, -0.25) is 4.90 Å². The Labute approximate surface area is 157 Å². The van der Waals surface area contributed by atoms with Crippen LogP contribution in [-0.2, 0) is 19.6 Å². The van der Waals surface area contributed by atoms with Crippen LogP contribution in [0.2, 0.25) is 0 Å². The van der Waals surface area contributed by atoms with Gasteiger partial charge in [0.05, 0.1) is 6.67 Å². The van der Waals surface area contributed by atoms with E-state index >= 15 is 0 Å². The van der Waals surface area contributed by atoms with E-state index in [0.717, 1.165) is 42.3 Å². The fourth-order valence-corrected chi connectivity index (χ4v) is 4.82. The van der Waals surface area contributed by atoms with Gasteiger partial charge >= 0.3 is 0 Å². The molecule has 0 radical (unpaired) electrons. The van der Waals surface area contributed by atoms with Gasteiger partial charge in [-0.1, -0.05) is 30.3 Å². The fraction of sp³-hybridized carbons (Fsp3) is 0.368. The zero-order valence-corrected chi connectivity index (χ0v) is 16.2. The van der Waals surface area contributed by atoms with Crippen molar-refractivity contribution in [3.05, 3.63) is 57.0 Å². The average Bonchev–Trinajstić information content (AvgIpc) is 3.23. The summed E-state index contributed by atoms with van der Waals surface area (Å²) in [6.07, 6.45) is 1.12. The highest BCUT2D eigenvalue weighted by atomic mass is 32.1. The zero-order valence-electron chi connectivity index (χ0n) is 14.6. The van der Waals surface area contributed by atoms with Crippen molar-refractivity contribution in [3.8, 4) is 11.4 Å². The van der Waals surface area contributed by atoms with Gasteiger partial charge in [-0.25, -0.2) is 4.68 Å². The number of hydrogen-bond donors (Lipinski definition) is 0. The Kier molecular flexibility index (Phi) is 4.58. The van der Waals surface area contributed by atoms with E-state index in [1.54, 1.807) is 0 Å². The largest absolute Gasteiger partial charge is 0.300 e. The highest BCUT2D eigenvalue weighted by Gasteiger charge is 2.25. The number of rotatable bonds is 4. The maximum absolute atomic E-state index is 5.72. The molecule has 4 rings (SSSR count). The molecule has 0 spiro atoms. The first-order chi connectivity index (χ1) is 12.2. The second-order valence-electron chi connectivity index (χ2n) is 6.39. The molecule has 4 nitrogen and oxygen atoms in total. The summed E-state index contributed by atoms with van der Waals surface area (Å²) in [5, 5.41) is 7.06. The Hall–Kier alpha value is -1.76. The van der Waals surface area contributed by atoms with Crippen LogP contribution in [-0.4, -0.2) is 25.8 Å². The second-order valence-corrected chi connectivity index (χ2v) is 7.76. The minimum atomic E-state index is 0.406. The molecule has 0 bridgehead atoms. The number of hydrogen-bond acceptors (Lipinski definition) is 4. The number of nitrogens with zero attached hydrogens (tertiary/aromatic N) is 4. The van der Waals surface area contributed by atoms with E-state index < -0.39 is 0 Å². The molecule has 25 heavy (non-hydrogen) atoms. The third kappa shape index (κ3) is 2.99. The predicted octanol–water partition coefficient (Wildman–Crippen LogP) is 4.74. The number of aromatic nitrogens is 3. The fourth-order valence-electron chi connectivity index (χ4n) is 3.55. The average molecular weight is 371 g/mol. The molecule has 1 aromatic carbocycles. The van der Waals surface area contributed by atoms with Gasteiger partial charge in [0.2, 0.25) is 0 Å². The van der Waals surface area contributed by atoms with Crippen molar-refractivity contribution in [2.75, 3.05) is 6.54 Å². The summed E-state index contributed by atoms with van der Waals surface area (Å²) in [5.41, 5.74) is 2.57. The third-order valence-electron chi connectivity index (χ3n) is 4.99. The molecule has 0 saturated heterocycles. The van der Waals surface area contributed by atoms with Gasteiger partial charge in [0.25, 0.3) is 0 Å². The van der Waals surface area contributed by atoms with E-state index in [-0.39, 0.29) is 0 Å². The van der Waals surface area contributed by atoms with Gasteiger partial charge < -0.3 is 4.57 Å². The SMILES string of the molecule is CCn1c(-c2ccccc2)nn(CN2CCc3sccc3[C@@H]2C)c1=S. The molecule has 6 heteroatoms. The Morgan fingerprint density at radius 1 is 1.24 bits per heavy atom. The molecule has 0 saturated carbocycles. The van der Waals surface area contributed by atoms with Crippen LogP contribution in [0.1, 0.15) is 30.3 Å². The lowest BCUT2D eigenvalue weighted by atomic mass is 10.0. The van der Waals surface area contributed by atoms with E-state index in [4.69, 9.17) is 17.3 Å². The molecule has 1 aliphatic heterocycles. The summed E-state index contributed by atoms with van der Waals surface area (Å²) in [6.45, 7) is 7.02. The summed E-state index contributed by atoms with van der Waals surface area (Å²) in [7, 11) is 0. The maximum atomic E-state index is 5.72. The second kappa shape index (κ2) is 6.86. The van der Waals surface area contributed by atoms with Crippen molar-refractivity contribution in [3.63, 3.8) is 0 Å². The molecule has 1 atom stereocenters. The first-order valence-corrected chi connectivity index (χ1v) is 10.0. The molecule has 0 amide bonds. The van der Waals surface area contributed by atoms with Crippen LogP contribution in [0, 0.1) is 4.77 Å². The van der Waals surface area contributed by atoms with E-state index in [1.807, 2.05) is 34.2 Å². The first-order valence-electron chi connectivity index (χ1n) is 8.72. The van der Waals surface area contributed by atoms with E-state index in [9.17, 15) is 0 Å². The Morgan fingerprint density at radius 2 is 2.04 bits per heavy atom. The van der Waals surface area contributed by atoms with Crippen molar-refractivity contribution in [2.45, 2.75) is 39.5 Å². The lowest BCUT2D eigenvalue weighted by Crippen LogP contribution is -2.35. The molecule has 0 N–H and O–H groups in total. The minimum absolute atomic E-state index is 0.406. The Balaban J connectivity index is 1.66. The van der Waals surface area contributed by atoms with Crippen molar-refractivity contribution < 1.29 is 0 Å². The van der Waals surface area contributed by atoms with Crippen molar-refractivity contribution in [1.82, 2.24) is 19.2 Å². The summed E-state index contributed by atoms with van der Waals surface area (Å²) in [4.78, 5) is 3.99. The number of fused-ring (bicyclic) bond motifs is 1. The highest BCUT2D eigenvalue weighted by Crippen LogP contribution is 2.33. The van der Waals surface area contributed by atoms with Crippen molar-refractivity contribution in [1.29, 1.82) is 0 Å². The lowest BCUT2D eigenvalue weighted by molar-refractivity contribution is 0.144. The summed E-state index contributed by atoms with van der Waals surface area (Å²) < 4.78 is 4.90. The molecular weight excluding hydrogens is 348 g/mol. The molecule has 1 aliphatic rings. The van der Waals surface area contributed by atoms with Crippen LogP contribution >= 0.6 is 23.6 Å². The molecule has 0 aliphatic carbocycles. The third-order valence-corrected chi connectivity index (χ3v) is 6.42. The maximum Gasteiger partial charge on any atom is 0.199 e. The van der Waals surface area contributed by atoms with Crippen LogP contribution in [0.15, 0.2) is 41.8 Å². The number of thiophene rings is 1. The molecule has 3 heterocycles. The van der Waals surface area contributed by atoms with Gasteiger partial charge in [-0.2, -0.15) is 5.10 Å². The number of benzene rings is 1. The molecule has 130 valence electrons. The molecule has 2 aromatic heterocycles. The van der Waals surface area contributed by atoms with E-state index in [1.165, 1.54) is 10.4 Å². The summed E-state index contributed by atoms with van der Waals surface area (Å²) in [5.74, 6) is 0.953. The Bertz CT molecular complexity index is 923. The molecular formula is C19H22N4S2. The van der Waals surface area contributed by atoms with Crippen molar-refractivity contribution >= 4 is 23.6 Å².